The van der Waals surface area contributed by atoms with E-state index >= 15 is 0 Å². The predicted octanol–water partition coefficient (Wildman–Crippen LogP) is 5.30. The van der Waals surface area contributed by atoms with Crippen LogP contribution in [0.1, 0.15) is 6.92 Å². The number of halogens is 3. The minimum atomic E-state index is -0.830. The summed E-state index contributed by atoms with van der Waals surface area (Å²) in [6.07, 6.45) is 0. The fourth-order valence-corrected chi connectivity index (χ4v) is 5.13. The van der Waals surface area contributed by atoms with Crippen LogP contribution in [0.2, 0.25) is 0 Å². The highest BCUT2D eigenvalue weighted by molar-refractivity contribution is 8.34. The van der Waals surface area contributed by atoms with E-state index in [2.05, 4.69) is 0 Å². The largest absolute Gasteiger partial charge is 0.204 e. The van der Waals surface area contributed by atoms with Gasteiger partial charge in [0.2, 0.25) is 10.3 Å². The van der Waals surface area contributed by atoms with Crippen molar-refractivity contribution in [3.05, 3.63) is 28.9 Å². The van der Waals surface area contributed by atoms with Crippen molar-refractivity contribution in [2.24, 2.45) is 0 Å². The van der Waals surface area contributed by atoms with Gasteiger partial charge in [0.05, 0.1) is 8.47 Å². The summed E-state index contributed by atoms with van der Waals surface area (Å²) in [5.74, 6) is 0. The van der Waals surface area contributed by atoms with E-state index in [1.807, 2.05) is 0 Å². The van der Waals surface area contributed by atoms with Crippen molar-refractivity contribution in [1.29, 1.82) is 0 Å². The second-order valence-corrected chi connectivity index (χ2v) is 7.01. The maximum absolute atomic E-state index is 13.0. The van der Waals surface area contributed by atoms with Crippen molar-refractivity contribution >= 4 is 47.0 Å². The molecule has 0 amide bonds. The van der Waals surface area contributed by atoms with Crippen LogP contribution in [0.5, 0.6) is 0 Å². The third kappa shape index (κ3) is 2.00. The Kier molecular flexibility index (Phi) is 3.21. The Labute approximate surface area is 95.8 Å². The lowest BCUT2D eigenvalue weighted by atomic mass is 10.7. The van der Waals surface area contributed by atoms with Gasteiger partial charge in [0.25, 0.3) is 0 Å². The van der Waals surface area contributed by atoms with Crippen LogP contribution < -0.4 is 0 Å². The first kappa shape index (κ1) is 10.9. The third-order valence-corrected chi connectivity index (χ3v) is 6.41. The smallest absolute Gasteiger partial charge is 0.198 e. The van der Waals surface area contributed by atoms with Gasteiger partial charge in [-0.1, -0.05) is 11.8 Å². The van der Waals surface area contributed by atoms with Gasteiger partial charge in [-0.05, 0) is 42.2 Å². The van der Waals surface area contributed by atoms with E-state index in [1.54, 1.807) is 6.92 Å². The molecule has 0 radical (unpaired) electrons. The normalized spacial score (nSPS) is 23.1. The molecule has 0 N–H and O–H groups in total. The highest BCUT2D eigenvalue weighted by Gasteiger charge is 2.29. The van der Waals surface area contributed by atoms with Gasteiger partial charge < -0.3 is 0 Å². The number of hydrogen-bond donors (Lipinski definition) is 0. The van der Waals surface area contributed by atoms with E-state index in [-0.39, 0.29) is 5.16 Å². The summed E-state index contributed by atoms with van der Waals surface area (Å²) in [5, 5.41) is -1.95. The molecule has 0 nitrogen and oxygen atoms in total. The van der Waals surface area contributed by atoms with E-state index in [4.69, 9.17) is 0 Å². The minimum absolute atomic E-state index is 0.286. The molecule has 0 aromatic rings. The molecule has 0 spiro atoms. The average molecular weight is 272 g/mol. The van der Waals surface area contributed by atoms with Gasteiger partial charge in [-0.25, -0.2) is 0 Å². The van der Waals surface area contributed by atoms with Crippen LogP contribution in [0.3, 0.4) is 0 Å². The Morgan fingerprint density at radius 3 is 1.57 bits per heavy atom. The van der Waals surface area contributed by atoms with Gasteiger partial charge in [0.1, 0.15) is 0 Å². The maximum Gasteiger partial charge on any atom is 0.204 e. The summed E-state index contributed by atoms with van der Waals surface area (Å²) in [4.78, 5) is 0.548. The number of allylic oxidation sites excluding steroid dienone is 1. The molecule has 0 saturated heterocycles. The molecule has 0 unspecified atom stereocenters. The minimum Gasteiger partial charge on any atom is -0.198 e. The van der Waals surface area contributed by atoms with Crippen LogP contribution in [0, 0.1) is 0 Å². The molecular weight excluding hydrogens is 269 g/mol. The Bertz CT molecular complexity index is 314. The van der Waals surface area contributed by atoms with E-state index in [1.165, 1.54) is 11.8 Å². The SMILES string of the molecule is CC1=C(F)SC(=C2SC(F)=C(F)S2)S1. The summed E-state index contributed by atoms with van der Waals surface area (Å²) in [5.41, 5.74) is 0. The van der Waals surface area contributed by atoms with E-state index < -0.39 is 10.3 Å². The second-order valence-electron chi connectivity index (χ2n) is 2.36. The van der Waals surface area contributed by atoms with Gasteiger partial charge in [0.15, 0.2) is 5.16 Å². The number of hydrogen-bond acceptors (Lipinski definition) is 4. The first-order valence-electron chi connectivity index (χ1n) is 3.45. The summed E-state index contributed by atoms with van der Waals surface area (Å²) in [6, 6.07) is 0. The van der Waals surface area contributed by atoms with E-state index in [9.17, 15) is 13.2 Å². The fourth-order valence-electron chi connectivity index (χ4n) is 0.784. The Morgan fingerprint density at radius 1 is 0.714 bits per heavy atom. The van der Waals surface area contributed by atoms with Gasteiger partial charge in [0, 0.05) is 4.91 Å². The molecule has 14 heavy (non-hydrogen) atoms. The van der Waals surface area contributed by atoms with E-state index in [0.29, 0.717) is 13.4 Å². The molecule has 2 heterocycles. The molecule has 0 saturated carbocycles. The maximum atomic E-state index is 13.0. The molecule has 7 heteroatoms. The number of thioether (sulfide) groups is 4. The molecule has 0 aliphatic carbocycles. The lowest BCUT2D eigenvalue weighted by molar-refractivity contribution is 0.619. The van der Waals surface area contributed by atoms with Crippen LogP contribution in [-0.2, 0) is 0 Å². The molecule has 76 valence electrons. The zero-order chi connectivity index (χ0) is 10.3. The van der Waals surface area contributed by atoms with Gasteiger partial charge in [-0.15, -0.1) is 0 Å². The van der Waals surface area contributed by atoms with Gasteiger partial charge >= 0.3 is 0 Å². The fraction of sp³-hybridized carbons (Fsp3) is 0.143. The zero-order valence-corrected chi connectivity index (χ0v) is 10.0. The lowest BCUT2D eigenvalue weighted by Gasteiger charge is -1.98. The summed E-state index contributed by atoms with van der Waals surface area (Å²) in [7, 11) is 0. The Morgan fingerprint density at radius 2 is 1.14 bits per heavy atom. The van der Waals surface area contributed by atoms with E-state index in [0.717, 1.165) is 35.3 Å². The standard InChI is InChI=1S/C7H3F3S4/c1-2-3(8)12-6(11-2)7-13-4(9)5(10)14-7/h1H3. The average Bonchev–Trinajstić information content (AvgIpc) is 2.60. The quantitative estimate of drug-likeness (QED) is 0.586. The monoisotopic (exact) mass is 272 g/mol. The van der Waals surface area contributed by atoms with Crippen molar-refractivity contribution < 1.29 is 13.2 Å². The molecular formula is C7H3F3S4. The van der Waals surface area contributed by atoms with Crippen molar-refractivity contribution in [1.82, 2.24) is 0 Å². The summed E-state index contributed by atoms with van der Waals surface area (Å²) >= 11 is 3.59. The van der Waals surface area contributed by atoms with Crippen molar-refractivity contribution in [3.63, 3.8) is 0 Å². The summed E-state index contributed by atoms with van der Waals surface area (Å²) in [6.45, 7) is 1.64. The molecule has 0 bridgehead atoms. The molecule has 0 atom stereocenters. The van der Waals surface area contributed by atoms with Crippen LogP contribution in [0.4, 0.5) is 13.2 Å². The Hall–Kier alpha value is 0.410. The third-order valence-electron chi connectivity index (χ3n) is 1.39. The molecule has 2 aliphatic rings. The highest BCUT2D eigenvalue weighted by Crippen LogP contribution is 2.60. The molecule has 0 aromatic carbocycles. The molecule has 0 fully saturated rings. The second kappa shape index (κ2) is 4.11. The summed E-state index contributed by atoms with van der Waals surface area (Å²) < 4.78 is 39.5. The van der Waals surface area contributed by atoms with Crippen molar-refractivity contribution in [3.8, 4) is 0 Å². The van der Waals surface area contributed by atoms with Crippen molar-refractivity contribution in [2.75, 3.05) is 0 Å². The van der Waals surface area contributed by atoms with Gasteiger partial charge in [-0.2, -0.15) is 13.2 Å². The topological polar surface area (TPSA) is 0 Å². The first-order chi connectivity index (χ1) is 6.58. The van der Waals surface area contributed by atoms with Crippen LogP contribution in [0.15, 0.2) is 28.9 Å². The molecule has 2 rings (SSSR count). The zero-order valence-electron chi connectivity index (χ0n) is 6.77. The van der Waals surface area contributed by atoms with Crippen LogP contribution >= 0.6 is 47.0 Å². The van der Waals surface area contributed by atoms with Gasteiger partial charge in [-0.3, -0.25) is 0 Å². The van der Waals surface area contributed by atoms with Crippen LogP contribution in [0.25, 0.3) is 0 Å². The van der Waals surface area contributed by atoms with Crippen molar-refractivity contribution in [2.45, 2.75) is 6.92 Å². The highest BCUT2D eigenvalue weighted by atomic mass is 32.2. The first-order valence-corrected chi connectivity index (χ1v) is 6.72. The lowest BCUT2D eigenvalue weighted by Crippen LogP contribution is -1.66. The molecule has 2 aliphatic heterocycles. The molecule has 0 aromatic heterocycles. The Balaban J connectivity index is 2.17. The number of rotatable bonds is 0. The van der Waals surface area contributed by atoms with Crippen LogP contribution in [-0.4, -0.2) is 0 Å². The predicted molar refractivity (Wildman–Crippen MR) is 60.4 cm³/mol.